The number of hydrogen-bond donors (Lipinski definition) is 2. The average molecular weight is 559 g/mol. The lowest BCUT2D eigenvalue weighted by atomic mass is 10.0. The van der Waals surface area contributed by atoms with E-state index in [4.69, 9.17) is 14.2 Å². The van der Waals surface area contributed by atoms with Crippen molar-refractivity contribution in [1.82, 2.24) is 20.5 Å². The van der Waals surface area contributed by atoms with Gasteiger partial charge in [-0.25, -0.2) is 4.39 Å². The maximum Gasteiger partial charge on any atom is 0.191 e. The Hall–Kier alpha value is -2.18. The molecule has 0 radical (unpaired) electrons. The van der Waals surface area contributed by atoms with E-state index < -0.39 is 0 Å². The van der Waals surface area contributed by atoms with Gasteiger partial charge in [-0.15, -0.1) is 24.0 Å². The van der Waals surface area contributed by atoms with E-state index in [-0.39, 0.29) is 42.4 Å². The number of methoxy groups -OCH3 is 2. The molecular weight excluding hydrogens is 528 g/mol. The van der Waals surface area contributed by atoms with E-state index in [1.54, 1.807) is 33.5 Å². The van der Waals surface area contributed by atoms with Gasteiger partial charge in [0.15, 0.2) is 17.5 Å². The van der Waals surface area contributed by atoms with Crippen LogP contribution in [0, 0.1) is 5.82 Å². The molecule has 1 atom stereocenters. The molecule has 1 aliphatic rings. The van der Waals surface area contributed by atoms with Gasteiger partial charge in [0.2, 0.25) is 0 Å². The largest absolute Gasteiger partial charge is 0.493 e. The molecule has 2 N–H and O–H groups in total. The van der Waals surface area contributed by atoms with Crippen LogP contribution in [0.3, 0.4) is 0 Å². The topological polar surface area (TPSA) is 80.2 Å². The van der Waals surface area contributed by atoms with Crippen molar-refractivity contribution in [2.75, 3.05) is 54.1 Å². The number of aromatic nitrogens is 1. The number of benzene rings is 1. The minimum absolute atomic E-state index is 0. The van der Waals surface area contributed by atoms with Crippen molar-refractivity contribution in [3.63, 3.8) is 0 Å². The van der Waals surface area contributed by atoms with Crippen LogP contribution < -0.4 is 20.1 Å². The minimum atomic E-state index is -0.345. The van der Waals surface area contributed by atoms with E-state index in [2.05, 4.69) is 25.5 Å². The average Bonchev–Trinajstić information content (AvgIpc) is 2.82. The van der Waals surface area contributed by atoms with E-state index in [1.807, 2.05) is 18.2 Å². The summed E-state index contributed by atoms with van der Waals surface area (Å²) in [6.07, 6.45) is 1.57. The molecule has 0 saturated carbocycles. The number of nitrogens with zero attached hydrogens (tertiary/aromatic N) is 3. The molecule has 0 aliphatic carbocycles. The molecule has 1 saturated heterocycles. The minimum Gasteiger partial charge on any atom is -0.493 e. The van der Waals surface area contributed by atoms with Crippen LogP contribution in [0.2, 0.25) is 0 Å². The Morgan fingerprint density at radius 1 is 1.19 bits per heavy atom. The van der Waals surface area contributed by atoms with Crippen LogP contribution in [0.25, 0.3) is 0 Å². The van der Waals surface area contributed by atoms with Gasteiger partial charge in [0, 0.05) is 32.9 Å². The van der Waals surface area contributed by atoms with Crippen LogP contribution in [0.1, 0.15) is 17.3 Å². The quantitative estimate of drug-likeness (QED) is 0.293. The van der Waals surface area contributed by atoms with Crippen molar-refractivity contribution in [2.24, 2.45) is 4.99 Å². The van der Waals surface area contributed by atoms with Crippen molar-refractivity contribution in [3.05, 3.63) is 53.6 Å². The maximum atomic E-state index is 13.9. The number of pyridine rings is 1. The third-order valence-electron chi connectivity index (χ3n) is 5.22. The third kappa shape index (κ3) is 6.91. The summed E-state index contributed by atoms with van der Waals surface area (Å²) in [5.41, 5.74) is 1.44. The van der Waals surface area contributed by atoms with Crippen molar-refractivity contribution in [3.8, 4) is 11.5 Å². The van der Waals surface area contributed by atoms with Gasteiger partial charge in [-0.2, -0.15) is 0 Å². The van der Waals surface area contributed by atoms with Crippen molar-refractivity contribution >= 4 is 29.9 Å². The van der Waals surface area contributed by atoms with E-state index in [9.17, 15) is 4.39 Å². The Labute approximate surface area is 205 Å². The van der Waals surface area contributed by atoms with Crippen LogP contribution in [0.5, 0.6) is 11.5 Å². The first-order valence-electron chi connectivity index (χ1n) is 10.2. The van der Waals surface area contributed by atoms with Crippen LogP contribution in [0.4, 0.5) is 4.39 Å². The molecule has 1 fully saturated rings. The first-order valence-corrected chi connectivity index (χ1v) is 10.2. The smallest absolute Gasteiger partial charge is 0.191 e. The van der Waals surface area contributed by atoms with Gasteiger partial charge < -0.3 is 24.8 Å². The highest BCUT2D eigenvalue weighted by molar-refractivity contribution is 14.0. The zero-order chi connectivity index (χ0) is 22.1. The molecule has 8 nitrogen and oxygen atoms in total. The Morgan fingerprint density at radius 2 is 1.94 bits per heavy atom. The number of ether oxygens (including phenoxy) is 3. The van der Waals surface area contributed by atoms with E-state index in [0.717, 1.165) is 18.7 Å². The fraction of sp³-hybridized carbons (Fsp3) is 0.455. The second-order valence-electron chi connectivity index (χ2n) is 7.02. The number of morpholine rings is 1. The summed E-state index contributed by atoms with van der Waals surface area (Å²) in [7, 11) is 4.94. The molecule has 2 aromatic rings. The molecule has 1 unspecified atom stereocenters. The van der Waals surface area contributed by atoms with E-state index in [0.29, 0.717) is 42.9 Å². The van der Waals surface area contributed by atoms with E-state index in [1.165, 1.54) is 6.07 Å². The van der Waals surface area contributed by atoms with E-state index >= 15 is 0 Å². The van der Waals surface area contributed by atoms with Crippen LogP contribution in [-0.4, -0.2) is 70.0 Å². The molecule has 1 aliphatic heterocycles. The molecule has 176 valence electrons. The fourth-order valence-corrected chi connectivity index (χ4v) is 3.54. The number of aliphatic imine (C=N–C) groups is 1. The molecular formula is C22H31FIN5O3. The first-order chi connectivity index (χ1) is 15.2. The molecule has 1 aromatic carbocycles. The van der Waals surface area contributed by atoms with Crippen LogP contribution in [-0.2, 0) is 11.3 Å². The van der Waals surface area contributed by atoms with Crippen LogP contribution in [0.15, 0.2) is 41.5 Å². The molecule has 2 heterocycles. The normalized spacial score (nSPS) is 15.4. The second kappa shape index (κ2) is 13.4. The summed E-state index contributed by atoms with van der Waals surface area (Å²) in [5.74, 6) is 1.60. The lowest BCUT2D eigenvalue weighted by Crippen LogP contribution is -2.46. The summed E-state index contributed by atoms with van der Waals surface area (Å²) in [6, 6.07) is 8.99. The molecule has 0 spiro atoms. The molecule has 0 bridgehead atoms. The summed E-state index contributed by atoms with van der Waals surface area (Å²) in [5, 5.41) is 6.48. The highest BCUT2D eigenvalue weighted by atomic mass is 127. The van der Waals surface area contributed by atoms with Gasteiger partial charge in [-0.1, -0.05) is 6.07 Å². The summed E-state index contributed by atoms with van der Waals surface area (Å²) in [4.78, 5) is 10.7. The summed E-state index contributed by atoms with van der Waals surface area (Å²) >= 11 is 0. The fourth-order valence-electron chi connectivity index (χ4n) is 3.54. The van der Waals surface area contributed by atoms with Gasteiger partial charge in [0.05, 0.1) is 45.7 Å². The SMILES string of the molecule is CN=C(NCc1ncccc1F)NCC(c1ccc(OC)c(OC)c1)N1CCOCC1.I. The zero-order valence-corrected chi connectivity index (χ0v) is 21.0. The Bertz CT molecular complexity index is 880. The third-order valence-corrected chi connectivity index (χ3v) is 5.22. The number of guanidine groups is 1. The number of nitrogens with one attached hydrogen (secondary N) is 2. The first kappa shape index (κ1) is 26.1. The predicted octanol–water partition coefficient (Wildman–Crippen LogP) is 2.59. The lowest BCUT2D eigenvalue weighted by Gasteiger charge is -2.35. The highest BCUT2D eigenvalue weighted by Crippen LogP contribution is 2.32. The van der Waals surface area contributed by atoms with Gasteiger partial charge in [-0.05, 0) is 29.8 Å². The van der Waals surface area contributed by atoms with Gasteiger partial charge in [-0.3, -0.25) is 14.9 Å². The molecule has 10 heteroatoms. The zero-order valence-electron chi connectivity index (χ0n) is 18.6. The van der Waals surface area contributed by atoms with Crippen molar-refractivity contribution < 1.29 is 18.6 Å². The Kier molecular flexibility index (Phi) is 10.9. The number of rotatable bonds is 8. The lowest BCUT2D eigenvalue weighted by molar-refractivity contribution is 0.0169. The summed E-state index contributed by atoms with van der Waals surface area (Å²) < 4.78 is 30.2. The molecule has 32 heavy (non-hydrogen) atoms. The van der Waals surface area contributed by atoms with Crippen molar-refractivity contribution in [1.29, 1.82) is 0 Å². The maximum absolute atomic E-state index is 13.9. The highest BCUT2D eigenvalue weighted by Gasteiger charge is 2.24. The standard InChI is InChI=1S/C22H30FN5O3.HI/c1-24-22(26-14-18-17(23)5-4-8-25-18)27-15-19(28-9-11-31-12-10-28)16-6-7-20(29-2)21(13-16)30-3;/h4-8,13,19H,9-12,14-15H2,1-3H3,(H2,24,26,27);1H. The Morgan fingerprint density at radius 3 is 2.59 bits per heavy atom. The second-order valence-corrected chi connectivity index (χ2v) is 7.02. The molecule has 3 rings (SSSR count). The monoisotopic (exact) mass is 559 g/mol. The van der Waals surface area contributed by atoms with Gasteiger partial charge in [0.25, 0.3) is 0 Å². The molecule has 0 amide bonds. The number of hydrogen-bond acceptors (Lipinski definition) is 6. The number of halogens is 2. The molecule has 1 aromatic heterocycles. The van der Waals surface area contributed by atoms with Gasteiger partial charge in [0.1, 0.15) is 5.82 Å². The predicted molar refractivity (Wildman–Crippen MR) is 132 cm³/mol. The van der Waals surface area contributed by atoms with Crippen molar-refractivity contribution in [2.45, 2.75) is 12.6 Å². The Balaban J connectivity index is 0.00000363. The summed E-state index contributed by atoms with van der Waals surface area (Å²) in [6.45, 7) is 3.87. The van der Waals surface area contributed by atoms with Gasteiger partial charge >= 0.3 is 0 Å². The van der Waals surface area contributed by atoms with Crippen LogP contribution >= 0.6 is 24.0 Å².